The third kappa shape index (κ3) is 6.97. The molecule has 0 bridgehead atoms. The number of anilines is 1. The van der Waals surface area contributed by atoms with Gasteiger partial charge >= 0.3 is 6.03 Å². The molecule has 0 aliphatic carbocycles. The van der Waals surface area contributed by atoms with Gasteiger partial charge in [0.25, 0.3) is 0 Å². The fraction of sp³-hybridized carbons (Fsp3) is 0.333. The Morgan fingerprint density at radius 1 is 0.939 bits per heavy atom. The van der Waals surface area contributed by atoms with Gasteiger partial charge in [-0.2, -0.15) is 0 Å². The van der Waals surface area contributed by atoms with Gasteiger partial charge in [-0.15, -0.1) is 0 Å². The van der Waals surface area contributed by atoms with Crippen LogP contribution in [0.1, 0.15) is 36.5 Å². The highest BCUT2D eigenvalue weighted by atomic mass is 16.3. The molecule has 33 heavy (non-hydrogen) atoms. The van der Waals surface area contributed by atoms with Gasteiger partial charge in [-0.25, -0.2) is 4.79 Å². The maximum atomic E-state index is 13.4. The summed E-state index contributed by atoms with van der Waals surface area (Å²) in [6.07, 6.45) is 0.726. The number of carbonyl (C=O) groups is 2. The maximum Gasteiger partial charge on any atom is 0.322 e. The molecule has 1 heterocycles. The molecule has 0 unspecified atom stereocenters. The Hall–Kier alpha value is -3.54. The normalized spacial score (nSPS) is 10.8. The van der Waals surface area contributed by atoms with E-state index in [1.165, 1.54) is 0 Å². The van der Waals surface area contributed by atoms with E-state index in [1.54, 1.807) is 9.80 Å². The van der Waals surface area contributed by atoms with Crippen LogP contribution in [0, 0.1) is 13.8 Å². The summed E-state index contributed by atoms with van der Waals surface area (Å²) in [4.78, 5) is 29.7. The molecule has 0 spiro atoms. The minimum absolute atomic E-state index is 0.0101. The molecular formula is C27H33N3O3. The molecule has 174 valence electrons. The van der Waals surface area contributed by atoms with Crippen molar-refractivity contribution in [3.63, 3.8) is 0 Å². The summed E-state index contributed by atoms with van der Waals surface area (Å²) in [5, 5.41) is 2.94. The van der Waals surface area contributed by atoms with Gasteiger partial charge in [0.05, 0.1) is 6.54 Å². The van der Waals surface area contributed by atoms with Gasteiger partial charge in [0.2, 0.25) is 5.91 Å². The topological polar surface area (TPSA) is 65.8 Å². The van der Waals surface area contributed by atoms with Gasteiger partial charge in [-0.1, -0.05) is 48.5 Å². The van der Waals surface area contributed by atoms with Crippen molar-refractivity contribution in [3.05, 3.63) is 89.4 Å². The molecule has 3 rings (SSSR count). The lowest BCUT2D eigenvalue weighted by molar-refractivity contribution is -0.133. The Morgan fingerprint density at radius 3 is 2.27 bits per heavy atom. The lowest BCUT2D eigenvalue weighted by Crippen LogP contribution is -2.47. The van der Waals surface area contributed by atoms with Crippen LogP contribution < -0.4 is 5.32 Å². The molecule has 2 aromatic carbocycles. The average molecular weight is 448 g/mol. The van der Waals surface area contributed by atoms with E-state index >= 15 is 0 Å². The van der Waals surface area contributed by atoms with Crippen molar-refractivity contribution >= 4 is 17.6 Å². The molecule has 0 aliphatic rings. The quantitative estimate of drug-likeness (QED) is 0.477. The fourth-order valence-electron chi connectivity index (χ4n) is 3.59. The zero-order valence-electron chi connectivity index (χ0n) is 19.9. The highest BCUT2D eigenvalue weighted by molar-refractivity contribution is 5.93. The summed E-state index contributed by atoms with van der Waals surface area (Å²) < 4.78 is 5.72. The Labute approximate surface area is 196 Å². The van der Waals surface area contributed by atoms with Gasteiger partial charge in [0.15, 0.2) is 0 Å². The summed E-state index contributed by atoms with van der Waals surface area (Å²) >= 11 is 0. The summed E-state index contributed by atoms with van der Waals surface area (Å²) in [7, 11) is 0. The number of furan rings is 1. The molecule has 6 heteroatoms. The van der Waals surface area contributed by atoms with Crippen LogP contribution >= 0.6 is 0 Å². The first-order chi connectivity index (χ1) is 15.8. The summed E-state index contributed by atoms with van der Waals surface area (Å²) in [5.74, 6) is 1.42. The van der Waals surface area contributed by atoms with E-state index in [0.29, 0.717) is 13.1 Å². The standard InChI is InChI=1S/C27H33N3O3/c1-20(2)30(27(32)28-25-13-9-8-10-21(25)3)19-26(31)29(18-24-15-14-22(4)33-24)17-16-23-11-6-5-7-12-23/h5-15,20H,16-19H2,1-4H3,(H,28,32). The van der Waals surface area contributed by atoms with Crippen molar-refractivity contribution < 1.29 is 14.0 Å². The first-order valence-corrected chi connectivity index (χ1v) is 11.3. The Bertz CT molecular complexity index is 1060. The highest BCUT2D eigenvalue weighted by Crippen LogP contribution is 2.16. The Balaban J connectivity index is 1.72. The Kier molecular flexibility index (Phi) is 8.30. The summed E-state index contributed by atoms with van der Waals surface area (Å²) in [6.45, 7) is 8.54. The minimum atomic E-state index is -0.287. The first-order valence-electron chi connectivity index (χ1n) is 11.3. The number of aryl methyl sites for hydroxylation is 2. The molecule has 6 nitrogen and oxygen atoms in total. The molecule has 0 saturated carbocycles. The van der Waals surface area contributed by atoms with Crippen LogP contribution in [0.15, 0.2) is 71.1 Å². The largest absolute Gasteiger partial charge is 0.464 e. The van der Waals surface area contributed by atoms with Gasteiger partial charge in [-0.05, 0) is 63.4 Å². The number of amides is 3. The molecular weight excluding hydrogens is 414 g/mol. The van der Waals surface area contributed by atoms with E-state index in [2.05, 4.69) is 17.4 Å². The number of urea groups is 1. The second kappa shape index (κ2) is 11.4. The summed E-state index contributed by atoms with van der Waals surface area (Å²) in [6, 6.07) is 21.0. The van der Waals surface area contributed by atoms with Crippen LogP contribution in [0.25, 0.3) is 0 Å². The van der Waals surface area contributed by atoms with Crippen LogP contribution in [0.5, 0.6) is 0 Å². The molecule has 0 radical (unpaired) electrons. The van der Waals surface area contributed by atoms with Crippen molar-refractivity contribution in [2.24, 2.45) is 0 Å². The molecule has 0 atom stereocenters. The fourth-order valence-corrected chi connectivity index (χ4v) is 3.59. The molecule has 0 saturated heterocycles. The lowest BCUT2D eigenvalue weighted by atomic mass is 10.1. The summed E-state index contributed by atoms with van der Waals surface area (Å²) in [5.41, 5.74) is 2.87. The molecule has 1 aromatic heterocycles. The predicted octanol–water partition coefficient (Wildman–Crippen LogP) is 5.41. The zero-order chi connectivity index (χ0) is 23.8. The smallest absolute Gasteiger partial charge is 0.322 e. The number of hydrogen-bond donors (Lipinski definition) is 1. The van der Waals surface area contributed by atoms with Crippen molar-refractivity contribution in [3.8, 4) is 0 Å². The van der Waals surface area contributed by atoms with Crippen molar-refractivity contribution in [2.75, 3.05) is 18.4 Å². The molecule has 3 aromatic rings. The number of hydrogen-bond acceptors (Lipinski definition) is 3. The highest BCUT2D eigenvalue weighted by Gasteiger charge is 2.24. The number of benzene rings is 2. The average Bonchev–Trinajstić information content (AvgIpc) is 3.21. The number of rotatable bonds is 9. The van der Waals surface area contributed by atoms with E-state index in [9.17, 15) is 9.59 Å². The first kappa shape index (κ1) is 24.1. The Morgan fingerprint density at radius 2 is 1.64 bits per heavy atom. The molecule has 0 aliphatic heterocycles. The SMILES string of the molecule is Cc1ccc(CN(CCc2ccccc2)C(=O)CN(C(=O)Nc2ccccc2C)C(C)C)o1. The van der Waals surface area contributed by atoms with Gasteiger partial charge in [0.1, 0.15) is 18.1 Å². The zero-order valence-corrected chi connectivity index (χ0v) is 19.9. The van der Waals surface area contributed by atoms with Crippen LogP contribution in [0.2, 0.25) is 0 Å². The van der Waals surface area contributed by atoms with Gasteiger partial charge in [0, 0.05) is 18.3 Å². The number of carbonyl (C=O) groups excluding carboxylic acids is 2. The number of para-hydroxylation sites is 1. The van der Waals surface area contributed by atoms with Crippen LogP contribution in [0.4, 0.5) is 10.5 Å². The van der Waals surface area contributed by atoms with Crippen LogP contribution in [-0.4, -0.2) is 40.9 Å². The second-order valence-electron chi connectivity index (χ2n) is 8.53. The van der Waals surface area contributed by atoms with Crippen molar-refractivity contribution in [1.29, 1.82) is 0 Å². The van der Waals surface area contributed by atoms with Crippen LogP contribution in [0.3, 0.4) is 0 Å². The van der Waals surface area contributed by atoms with Crippen molar-refractivity contribution in [1.82, 2.24) is 9.80 Å². The van der Waals surface area contributed by atoms with E-state index in [0.717, 1.165) is 34.8 Å². The maximum absolute atomic E-state index is 13.4. The number of nitrogens with one attached hydrogen (secondary N) is 1. The molecule has 1 N–H and O–H groups in total. The third-order valence-electron chi connectivity index (χ3n) is 5.59. The van der Waals surface area contributed by atoms with E-state index in [-0.39, 0.29) is 24.5 Å². The predicted molar refractivity (Wildman–Crippen MR) is 131 cm³/mol. The van der Waals surface area contributed by atoms with E-state index in [4.69, 9.17) is 4.42 Å². The second-order valence-corrected chi connectivity index (χ2v) is 8.53. The lowest BCUT2D eigenvalue weighted by Gasteiger charge is -2.30. The molecule has 0 fully saturated rings. The van der Waals surface area contributed by atoms with Gasteiger partial charge in [-0.3, -0.25) is 4.79 Å². The van der Waals surface area contributed by atoms with Crippen LogP contribution in [-0.2, 0) is 17.8 Å². The third-order valence-corrected chi connectivity index (χ3v) is 5.59. The van der Waals surface area contributed by atoms with E-state index < -0.39 is 0 Å². The number of nitrogens with zero attached hydrogens (tertiary/aromatic N) is 2. The molecule has 3 amide bonds. The monoisotopic (exact) mass is 447 g/mol. The minimum Gasteiger partial charge on any atom is -0.464 e. The van der Waals surface area contributed by atoms with Crippen molar-refractivity contribution in [2.45, 2.75) is 46.7 Å². The van der Waals surface area contributed by atoms with Gasteiger partial charge < -0.3 is 19.5 Å². The van der Waals surface area contributed by atoms with E-state index in [1.807, 2.05) is 82.3 Å².